The lowest BCUT2D eigenvalue weighted by Crippen LogP contribution is -2.12. The van der Waals surface area contributed by atoms with Crippen LogP contribution >= 0.6 is 0 Å². The molecule has 1 amide bonds. The fourth-order valence-electron chi connectivity index (χ4n) is 1.97. The molecular weight excluding hydrogens is 240 g/mol. The monoisotopic (exact) mass is 252 g/mol. The summed E-state index contributed by atoms with van der Waals surface area (Å²) in [6.45, 7) is 1.75. The number of rotatable bonds is 2. The molecular formula is C15H12N2O2. The lowest BCUT2D eigenvalue weighted by molar-refractivity contribution is 0.0989. The average Bonchev–Trinajstić information content (AvgIpc) is 2.86. The van der Waals surface area contributed by atoms with E-state index in [0.717, 1.165) is 16.5 Å². The molecule has 3 rings (SSSR count). The molecule has 0 radical (unpaired) electrons. The maximum Gasteiger partial charge on any atom is 0.311 e. The van der Waals surface area contributed by atoms with Gasteiger partial charge in [0, 0.05) is 11.1 Å². The second-order valence-electron chi connectivity index (χ2n) is 4.26. The molecule has 1 aromatic heterocycles. The summed E-state index contributed by atoms with van der Waals surface area (Å²) in [6, 6.07) is 13.6. The van der Waals surface area contributed by atoms with Gasteiger partial charge in [-0.15, -0.1) is 0 Å². The highest BCUT2D eigenvalue weighted by atomic mass is 16.4. The third-order valence-corrected chi connectivity index (χ3v) is 2.85. The van der Waals surface area contributed by atoms with Gasteiger partial charge in [-0.05, 0) is 18.4 Å². The molecule has 0 saturated carbocycles. The van der Waals surface area contributed by atoms with Gasteiger partial charge in [0.2, 0.25) is 0 Å². The minimum atomic E-state index is -0.343. The Balaban J connectivity index is 1.95. The van der Waals surface area contributed by atoms with Crippen LogP contribution in [0.1, 0.15) is 16.4 Å². The zero-order valence-corrected chi connectivity index (χ0v) is 10.4. The van der Waals surface area contributed by atoms with Crippen LogP contribution in [0, 0.1) is 6.92 Å². The van der Waals surface area contributed by atoms with E-state index < -0.39 is 0 Å². The molecule has 3 aromatic rings. The van der Waals surface area contributed by atoms with Gasteiger partial charge >= 0.3 is 5.91 Å². The molecule has 0 fully saturated rings. The number of nitrogens with one attached hydrogen (secondary N) is 1. The van der Waals surface area contributed by atoms with Crippen LogP contribution in [0.5, 0.6) is 0 Å². The van der Waals surface area contributed by atoms with Crippen LogP contribution in [0.3, 0.4) is 0 Å². The van der Waals surface area contributed by atoms with E-state index in [-0.39, 0.29) is 11.8 Å². The number of anilines is 1. The molecule has 0 aliphatic rings. The fraction of sp³-hybridized carbons (Fsp3) is 0.0667. The number of aryl methyl sites for hydroxylation is 1. The zero-order chi connectivity index (χ0) is 13.2. The molecule has 0 aliphatic carbocycles. The number of carbonyl (C=O) groups excluding carboxylic acids is 1. The molecule has 4 nitrogen and oxygen atoms in total. The smallest absolute Gasteiger partial charge is 0.311 e. The van der Waals surface area contributed by atoms with Crippen molar-refractivity contribution in [1.82, 2.24) is 4.98 Å². The summed E-state index contributed by atoms with van der Waals surface area (Å²) >= 11 is 0. The van der Waals surface area contributed by atoms with Crippen molar-refractivity contribution >= 4 is 22.4 Å². The first-order valence-electron chi connectivity index (χ1n) is 5.95. The van der Waals surface area contributed by atoms with Gasteiger partial charge in [-0.1, -0.05) is 36.4 Å². The van der Waals surface area contributed by atoms with E-state index in [9.17, 15) is 4.79 Å². The standard InChI is InChI=1S/C15H12N2O2/c1-10-9-16-15(19-10)14(18)17-13-8-4-6-11-5-2-3-7-12(11)13/h2-9H,1H3,(H,17,18). The van der Waals surface area contributed by atoms with Crippen molar-refractivity contribution in [3.63, 3.8) is 0 Å². The van der Waals surface area contributed by atoms with Crippen LogP contribution < -0.4 is 5.32 Å². The maximum absolute atomic E-state index is 12.0. The first-order valence-corrected chi connectivity index (χ1v) is 5.95. The summed E-state index contributed by atoms with van der Waals surface area (Å²) in [4.78, 5) is 15.9. The van der Waals surface area contributed by atoms with Crippen molar-refractivity contribution in [1.29, 1.82) is 0 Å². The van der Waals surface area contributed by atoms with E-state index in [0.29, 0.717) is 5.76 Å². The largest absolute Gasteiger partial charge is 0.438 e. The summed E-state index contributed by atoms with van der Waals surface area (Å²) in [5.74, 6) is 0.345. The number of carbonyl (C=O) groups is 1. The number of benzene rings is 2. The molecule has 0 bridgehead atoms. The van der Waals surface area contributed by atoms with Crippen molar-refractivity contribution in [2.45, 2.75) is 6.92 Å². The van der Waals surface area contributed by atoms with Crippen molar-refractivity contribution in [2.75, 3.05) is 5.32 Å². The Morgan fingerprint density at radius 3 is 2.74 bits per heavy atom. The number of aromatic nitrogens is 1. The normalized spacial score (nSPS) is 10.6. The van der Waals surface area contributed by atoms with Gasteiger partial charge in [-0.25, -0.2) is 4.98 Å². The Labute approximate surface area is 110 Å². The van der Waals surface area contributed by atoms with Crippen LogP contribution in [-0.4, -0.2) is 10.9 Å². The SMILES string of the molecule is Cc1cnc(C(=O)Nc2cccc3ccccc23)o1. The summed E-state index contributed by atoms with van der Waals surface area (Å²) in [6.07, 6.45) is 1.53. The van der Waals surface area contributed by atoms with E-state index in [1.54, 1.807) is 6.92 Å². The van der Waals surface area contributed by atoms with Crippen molar-refractivity contribution in [3.8, 4) is 0 Å². The van der Waals surface area contributed by atoms with Gasteiger partial charge in [0.05, 0.1) is 6.20 Å². The number of amides is 1. The Hall–Kier alpha value is -2.62. The van der Waals surface area contributed by atoms with Gasteiger partial charge in [0.1, 0.15) is 5.76 Å². The molecule has 94 valence electrons. The zero-order valence-electron chi connectivity index (χ0n) is 10.4. The highest BCUT2D eigenvalue weighted by Crippen LogP contribution is 2.23. The summed E-state index contributed by atoms with van der Waals surface area (Å²) in [5.41, 5.74) is 0.749. The predicted octanol–water partition coefficient (Wildman–Crippen LogP) is 3.39. The molecule has 0 spiro atoms. The number of hydrogen-bond donors (Lipinski definition) is 1. The van der Waals surface area contributed by atoms with Crippen molar-refractivity contribution < 1.29 is 9.21 Å². The van der Waals surface area contributed by atoms with Crippen LogP contribution in [0.2, 0.25) is 0 Å². The molecule has 4 heteroatoms. The second-order valence-corrected chi connectivity index (χ2v) is 4.26. The molecule has 0 saturated heterocycles. The molecule has 1 heterocycles. The van der Waals surface area contributed by atoms with Crippen LogP contribution in [-0.2, 0) is 0 Å². The fourth-order valence-corrected chi connectivity index (χ4v) is 1.97. The summed E-state index contributed by atoms with van der Waals surface area (Å²) in [5, 5.41) is 4.88. The molecule has 0 atom stereocenters. The molecule has 0 unspecified atom stereocenters. The van der Waals surface area contributed by atoms with Gasteiger partial charge in [0.25, 0.3) is 5.89 Å². The van der Waals surface area contributed by atoms with Gasteiger partial charge < -0.3 is 9.73 Å². The topological polar surface area (TPSA) is 55.1 Å². The lowest BCUT2D eigenvalue weighted by Gasteiger charge is -2.06. The number of hydrogen-bond acceptors (Lipinski definition) is 3. The highest BCUT2D eigenvalue weighted by molar-refractivity contribution is 6.07. The number of oxazole rings is 1. The Morgan fingerprint density at radius 2 is 1.95 bits per heavy atom. The maximum atomic E-state index is 12.0. The molecule has 19 heavy (non-hydrogen) atoms. The third-order valence-electron chi connectivity index (χ3n) is 2.85. The van der Waals surface area contributed by atoms with Crippen molar-refractivity contribution in [3.05, 3.63) is 60.3 Å². The van der Waals surface area contributed by atoms with Crippen LogP contribution in [0.25, 0.3) is 10.8 Å². The van der Waals surface area contributed by atoms with Crippen molar-refractivity contribution in [2.24, 2.45) is 0 Å². The quantitative estimate of drug-likeness (QED) is 0.760. The first kappa shape index (κ1) is 11.5. The number of nitrogens with zero attached hydrogens (tertiary/aromatic N) is 1. The molecule has 2 aromatic carbocycles. The number of fused-ring (bicyclic) bond motifs is 1. The minimum Gasteiger partial charge on any atom is -0.438 e. The van der Waals surface area contributed by atoms with E-state index >= 15 is 0 Å². The molecule has 0 aliphatic heterocycles. The highest BCUT2D eigenvalue weighted by Gasteiger charge is 2.13. The second kappa shape index (κ2) is 4.57. The summed E-state index contributed by atoms with van der Waals surface area (Å²) < 4.78 is 5.21. The minimum absolute atomic E-state index is 0.0745. The molecule has 1 N–H and O–H groups in total. The van der Waals surface area contributed by atoms with Crippen LogP contribution in [0.4, 0.5) is 5.69 Å². The Kier molecular flexibility index (Phi) is 2.76. The lowest BCUT2D eigenvalue weighted by atomic mass is 10.1. The van der Waals surface area contributed by atoms with Gasteiger partial charge in [-0.3, -0.25) is 4.79 Å². The van der Waals surface area contributed by atoms with E-state index in [4.69, 9.17) is 4.42 Å². The average molecular weight is 252 g/mol. The predicted molar refractivity (Wildman–Crippen MR) is 73.1 cm³/mol. The summed E-state index contributed by atoms with van der Waals surface area (Å²) in [7, 11) is 0. The Bertz CT molecular complexity index is 741. The van der Waals surface area contributed by atoms with E-state index in [1.807, 2.05) is 42.5 Å². The van der Waals surface area contributed by atoms with Gasteiger partial charge in [0.15, 0.2) is 0 Å². The van der Waals surface area contributed by atoms with Gasteiger partial charge in [-0.2, -0.15) is 0 Å². The Morgan fingerprint density at radius 1 is 1.16 bits per heavy atom. The van der Waals surface area contributed by atoms with E-state index in [2.05, 4.69) is 10.3 Å². The van der Waals surface area contributed by atoms with E-state index in [1.165, 1.54) is 6.20 Å². The first-order chi connectivity index (χ1) is 9.24. The van der Waals surface area contributed by atoms with Crippen LogP contribution in [0.15, 0.2) is 53.1 Å². The third kappa shape index (κ3) is 2.20.